The fraction of sp³-hybridized carbons (Fsp3) is 0.625. The first-order chi connectivity index (χ1) is 9.73. The van der Waals surface area contributed by atoms with Gasteiger partial charge in [0, 0.05) is 16.9 Å². The van der Waals surface area contributed by atoms with Crippen LogP contribution in [0.2, 0.25) is 0 Å². The first kappa shape index (κ1) is 14.4. The summed E-state index contributed by atoms with van der Waals surface area (Å²) in [4.78, 5) is 0.741. The molecule has 0 spiro atoms. The van der Waals surface area contributed by atoms with Crippen LogP contribution in [-0.2, 0) is 10.2 Å². The van der Waals surface area contributed by atoms with Crippen LogP contribution in [0.15, 0.2) is 23.1 Å². The van der Waals surface area contributed by atoms with E-state index in [0.717, 1.165) is 36.5 Å². The van der Waals surface area contributed by atoms with E-state index in [4.69, 9.17) is 10.5 Å². The number of rotatable bonds is 4. The van der Waals surface area contributed by atoms with Crippen LogP contribution in [0, 0.1) is 5.82 Å². The summed E-state index contributed by atoms with van der Waals surface area (Å²) in [5.41, 5.74) is 7.12. The Morgan fingerprint density at radius 3 is 2.55 bits per heavy atom. The van der Waals surface area contributed by atoms with Crippen LogP contribution in [0.25, 0.3) is 0 Å². The quantitative estimate of drug-likeness (QED) is 0.923. The first-order valence-electron chi connectivity index (χ1n) is 7.48. The standard InChI is InChI=1S/C16H22FNOS/c17-14-8-12(16(11-18)6-2-1-3-7-16)4-5-15(14)20-13-9-19-10-13/h4-5,8,13H,1-3,6-7,9-11,18H2. The van der Waals surface area contributed by atoms with Gasteiger partial charge in [-0.2, -0.15) is 0 Å². The number of hydrogen-bond acceptors (Lipinski definition) is 3. The van der Waals surface area contributed by atoms with Gasteiger partial charge in [0.2, 0.25) is 0 Å². The second kappa shape index (κ2) is 6.04. The van der Waals surface area contributed by atoms with E-state index < -0.39 is 0 Å². The highest BCUT2D eigenvalue weighted by molar-refractivity contribution is 8.00. The molecule has 1 aliphatic heterocycles. The van der Waals surface area contributed by atoms with Crippen molar-refractivity contribution in [3.05, 3.63) is 29.6 Å². The Bertz CT molecular complexity index is 470. The minimum absolute atomic E-state index is 0.00185. The molecule has 3 rings (SSSR count). The van der Waals surface area contributed by atoms with Crippen molar-refractivity contribution in [2.45, 2.75) is 47.7 Å². The molecule has 0 radical (unpaired) electrons. The zero-order chi connectivity index (χ0) is 14.0. The lowest BCUT2D eigenvalue weighted by Gasteiger charge is -2.37. The molecule has 2 aliphatic rings. The van der Waals surface area contributed by atoms with Crippen LogP contribution in [0.5, 0.6) is 0 Å². The van der Waals surface area contributed by atoms with Crippen LogP contribution < -0.4 is 5.73 Å². The predicted molar refractivity (Wildman–Crippen MR) is 80.7 cm³/mol. The summed E-state index contributed by atoms with van der Waals surface area (Å²) >= 11 is 1.59. The number of halogens is 1. The average molecular weight is 295 g/mol. The van der Waals surface area contributed by atoms with Crippen LogP contribution in [-0.4, -0.2) is 25.0 Å². The summed E-state index contributed by atoms with van der Waals surface area (Å²) in [7, 11) is 0. The fourth-order valence-corrected chi connectivity index (χ4v) is 4.23. The zero-order valence-corrected chi connectivity index (χ0v) is 12.6. The van der Waals surface area contributed by atoms with Gasteiger partial charge in [-0.1, -0.05) is 25.3 Å². The van der Waals surface area contributed by atoms with Gasteiger partial charge in [-0.05, 0) is 30.5 Å². The van der Waals surface area contributed by atoms with Crippen LogP contribution >= 0.6 is 11.8 Å². The lowest BCUT2D eigenvalue weighted by atomic mass is 9.69. The van der Waals surface area contributed by atoms with Crippen molar-refractivity contribution < 1.29 is 9.13 Å². The first-order valence-corrected chi connectivity index (χ1v) is 8.36. The maximum atomic E-state index is 14.3. The van der Waals surface area contributed by atoms with Gasteiger partial charge in [0.1, 0.15) is 5.82 Å². The van der Waals surface area contributed by atoms with E-state index in [9.17, 15) is 4.39 Å². The van der Waals surface area contributed by atoms with E-state index in [0.29, 0.717) is 11.8 Å². The zero-order valence-electron chi connectivity index (χ0n) is 11.7. The van der Waals surface area contributed by atoms with Crippen molar-refractivity contribution >= 4 is 11.8 Å². The predicted octanol–water partition coefficient (Wildman–Crippen LogP) is 3.48. The Morgan fingerprint density at radius 1 is 1.25 bits per heavy atom. The summed E-state index contributed by atoms with van der Waals surface area (Å²) in [5, 5.41) is 0.411. The highest BCUT2D eigenvalue weighted by atomic mass is 32.2. The van der Waals surface area contributed by atoms with Crippen molar-refractivity contribution in [1.82, 2.24) is 0 Å². The van der Waals surface area contributed by atoms with Gasteiger partial charge in [-0.3, -0.25) is 0 Å². The van der Waals surface area contributed by atoms with Gasteiger partial charge < -0.3 is 10.5 Å². The minimum Gasteiger partial charge on any atom is -0.379 e. The van der Waals surface area contributed by atoms with Gasteiger partial charge in [-0.25, -0.2) is 4.39 Å². The number of thioether (sulfide) groups is 1. The van der Waals surface area contributed by atoms with Crippen molar-refractivity contribution in [3.8, 4) is 0 Å². The van der Waals surface area contributed by atoms with E-state index in [1.165, 1.54) is 19.3 Å². The van der Waals surface area contributed by atoms with Crippen LogP contribution in [0.1, 0.15) is 37.7 Å². The topological polar surface area (TPSA) is 35.2 Å². The fourth-order valence-electron chi connectivity index (χ4n) is 3.23. The van der Waals surface area contributed by atoms with E-state index in [1.807, 2.05) is 6.07 Å². The maximum Gasteiger partial charge on any atom is 0.137 e. The van der Waals surface area contributed by atoms with E-state index in [2.05, 4.69) is 6.07 Å². The monoisotopic (exact) mass is 295 g/mol. The lowest BCUT2D eigenvalue weighted by molar-refractivity contribution is 0.0455. The Hall–Kier alpha value is -0.580. The molecule has 1 saturated carbocycles. The molecule has 1 aromatic rings. The molecular formula is C16H22FNOS. The van der Waals surface area contributed by atoms with Crippen molar-refractivity contribution in [2.24, 2.45) is 5.73 Å². The van der Waals surface area contributed by atoms with Crippen molar-refractivity contribution in [3.63, 3.8) is 0 Å². The van der Waals surface area contributed by atoms with Gasteiger partial charge in [0.15, 0.2) is 0 Å². The molecular weight excluding hydrogens is 273 g/mol. The number of hydrogen-bond donors (Lipinski definition) is 1. The third-order valence-electron chi connectivity index (χ3n) is 4.65. The molecule has 2 N–H and O–H groups in total. The molecule has 0 amide bonds. The van der Waals surface area contributed by atoms with Gasteiger partial charge in [-0.15, -0.1) is 11.8 Å². The maximum absolute atomic E-state index is 14.3. The van der Waals surface area contributed by atoms with Gasteiger partial charge in [0.05, 0.1) is 18.5 Å². The highest BCUT2D eigenvalue weighted by Gasteiger charge is 2.33. The summed E-state index contributed by atoms with van der Waals surface area (Å²) < 4.78 is 19.5. The summed E-state index contributed by atoms with van der Waals surface area (Å²) in [6, 6.07) is 5.74. The molecule has 1 aliphatic carbocycles. The average Bonchev–Trinajstić information content (AvgIpc) is 2.44. The Kier molecular flexibility index (Phi) is 4.34. The molecule has 0 aromatic heterocycles. The normalized spacial score (nSPS) is 22.5. The van der Waals surface area contributed by atoms with Crippen molar-refractivity contribution in [2.75, 3.05) is 19.8 Å². The molecule has 2 nitrogen and oxygen atoms in total. The number of benzene rings is 1. The lowest BCUT2D eigenvalue weighted by Crippen LogP contribution is -2.37. The van der Waals surface area contributed by atoms with E-state index in [1.54, 1.807) is 17.8 Å². The molecule has 0 unspecified atom stereocenters. The molecule has 110 valence electrons. The second-order valence-electron chi connectivity index (χ2n) is 5.97. The summed E-state index contributed by atoms with van der Waals surface area (Å²) in [5.74, 6) is -0.0993. The molecule has 1 saturated heterocycles. The Morgan fingerprint density at radius 2 is 2.00 bits per heavy atom. The highest BCUT2D eigenvalue weighted by Crippen LogP contribution is 2.40. The Balaban J connectivity index is 1.80. The summed E-state index contributed by atoms with van der Waals surface area (Å²) in [6.07, 6.45) is 5.86. The smallest absolute Gasteiger partial charge is 0.137 e. The minimum atomic E-state index is -0.0993. The van der Waals surface area contributed by atoms with Crippen LogP contribution in [0.3, 0.4) is 0 Å². The third kappa shape index (κ3) is 2.74. The van der Waals surface area contributed by atoms with E-state index in [-0.39, 0.29) is 11.2 Å². The van der Waals surface area contributed by atoms with Gasteiger partial charge in [0.25, 0.3) is 0 Å². The third-order valence-corrected chi connectivity index (χ3v) is 5.84. The van der Waals surface area contributed by atoms with Crippen molar-refractivity contribution in [1.29, 1.82) is 0 Å². The number of ether oxygens (including phenoxy) is 1. The summed E-state index contributed by atoms with van der Waals surface area (Å²) in [6.45, 7) is 2.09. The van der Waals surface area contributed by atoms with Gasteiger partial charge >= 0.3 is 0 Å². The molecule has 0 atom stereocenters. The molecule has 20 heavy (non-hydrogen) atoms. The largest absolute Gasteiger partial charge is 0.379 e. The second-order valence-corrected chi connectivity index (χ2v) is 7.31. The SMILES string of the molecule is NCC1(c2ccc(SC3COC3)c(F)c2)CCCCC1. The van der Waals surface area contributed by atoms with Crippen LogP contribution in [0.4, 0.5) is 4.39 Å². The Labute approximate surface area is 124 Å². The molecule has 1 heterocycles. The molecule has 1 aromatic carbocycles. The molecule has 4 heteroatoms. The molecule has 0 bridgehead atoms. The molecule has 2 fully saturated rings. The van der Waals surface area contributed by atoms with E-state index >= 15 is 0 Å². The number of nitrogens with two attached hydrogens (primary N) is 1.